The number of nitrogens with two attached hydrogens (primary N) is 1. The summed E-state index contributed by atoms with van der Waals surface area (Å²) in [7, 11) is -3.76. The fraction of sp³-hybridized carbons (Fsp3) is 0.125. The summed E-state index contributed by atoms with van der Waals surface area (Å²) in [6.45, 7) is 2.10. The van der Waals surface area contributed by atoms with Crippen LogP contribution in [0.5, 0.6) is 0 Å². The topological polar surface area (TPSA) is 65.1 Å². The highest BCUT2D eigenvalue weighted by Gasteiger charge is 2.20. The van der Waals surface area contributed by atoms with Crippen molar-refractivity contribution in [3.8, 4) is 16.1 Å². The Balaban J connectivity index is 2.14. The summed E-state index contributed by atoms with van der Waals surface area (Å²) in [6.07, 6.45) is 4.59. The SMILES string of the molecule is CCc1ccc(-c2cc(-n3cccc3)c(S(N)(=O)=O)s2)cc1. The minimum atomic E-state index is -3.76. The number of primary sulfonamides is 1. The Labute approximate surface area is 133 Å². The number of sulfonamides is 1. The quantitative estimate of drug-likeness (QED) is 0.795. The summed E-state index contributed by atoms with van der Waals surface area (Å²) < 4.78 is 25.7. The molecular formula is C16H16N2O2S2. The summed E-state index contributed by atoms with van der Waals surface area (Å²) >= 11 is 1.20. The third kappa shape index (κ3) is 2.85. The second kappa shape index (κ2) is 5.72. The van der Waals surface area contributed by atoms with Crippen LogP contribution in [0.15, 0.2) is 59.1 Å². The molecule has 2 N–H and O–H groups in total. The lowest BCUT2D eigenvalue weighted by molar-refractivity contribution is 0.599. The maximum absolute atomic E-state index is 11.9. The van der Waals surface area contributed by atoms with Gasteiger partial charge in [-0.1, -0.05) is 31.2 Å². The van der Waals surface area contributed by atoms with E-state index in [0.717, 1.165) is 16.9 Å². The first-order chi connectivity index (χ1) is 10.5. The summed E-state index contributed by atoms with van der Waals surface area (Å²) in [5.74, 6) is 0. The molecule has 0 radical (unpaired) electrons. The van der Waals surface area contributed by atoms with Crippen LogP contribution in [0.2, 0.25) is 0 Å². The number of aryl methyl sites for hydroxylation is 1. The van der Waals surface area contributed by atoms with E-state index in [1.807, 2.05) is 30.3 Å². The molecule has 0 amide bonds. The van der Waals surface area contributed by atoms with Gasteiger partial charge in [-0.05, 0) is 35.7 Å². The van der Waals surface area contributed by atoms with Crippen LogP contribution in [-0.4, -0.2) is 13.0 Å². The van der Waals surface area contributed by atoms with Crippen LogP contribution >= 0.6 is 11.3 Å². The van der Waals surface area contributed by atoms with E-state index in [0.29, 0.717) is 5.69 Å². The zero-order valence-corrected chi connectivity index (χ0v) is 13.7. The third-order valence-corrected chi connectivity index (χ3v) is 6.11. The highest BCUT2D eigenvalue weighted by atomic mass is 32.2. The van der Waals surface area contributed by atoms with Crippen molar-refractivity contribution in [1.82, 2.24) is 4.57 Å². The minimum absolute atomic E-state index is 0.179. The van der Waals surface area contributed by atoms with Crippen molar-refractivity contribution >= 4 is 21.4 Å². The molecule has 0 saturated heterocycles. The van der Waals surface area contributed by atoms with Gasteiger partial charge in [0.25, 0.3) is 0 Å². The van der Waals surface area contributed by atoms with Gasteiger partial charge in [0, 0.05) is 17.3 Å². The number of hydrogen-bond donors (Lipinski definition) is 1. The molecule has 22 heavy (non-hydrogen) atoms. The number of rotatable bonds is 4. The summed E-state index contributed by atoms with van der Waals surface area (Å²) in [6, 6.07) is 13.7. The molecule has 0 fully saturated rings. The lowest BCUT2D eigenvalue weighted by Crippen LogP contribution is -2.12. The molecule has 4 nitrogen and oxygen atoms in total. The van der Waals surface area contributed by atoms with Gasteiger partial charge in [0.1, 0.15) is 0 Å². The molecule has 0 saturated carbocycles. The maximum atomic E-state index is 11.9. The lowest BCUT2D eigenvalue weighted by atomic mass is 10.1. The molecule has 1 aromatic carbocycles. The van der Waals surface area contributed by atoms with E-state index >= 15 is 0 Å². The zero-order valence-electron chi connectivity index (χ0n) is 12.1. The highest BCUT2D eigenvalue weighted by Crippen LogP contribution is 2.36. The fourth-order valence-electron chi connectivity index (χ4n) is 2.29. The second-order valence-electron chi connectivity index (χ2n) is 4.97. The first-order valence-electron chi connectivity index (χ1n) is 6.88. The van der Waals surface area contributed by atoms with Crippen molar-refractivity contribution in [3.63, 3.8) is 0 Å². The molecule has 0 spiro atoms. The fourth-order valence-corrected chi connectivity index (χ4v) is 4.37. The molecule has 114 valence electrons. The van der Waals surface area contributed by atoms with Crippen LogP contribution in [0.3, 0.4) is 0 Å². The van der Waals surface area contributed by atoms with Crippen LogP contribution in [0.1, 0.15) is 12.5 Å². The summed E-state index contributed by atoms with van der Waals surface area (Å²) in [5.41, 5.74) is 2.83. The monoisotopic (exact) mass is 332 g/mol. The van der Waals surface area contributed by atoms with Gasteiger partial charge in [-0.25, -0.2) is 13.6 Å². The average molecular weight is 332 g/mol. The van der Waals surface area contributed by atoms with E-state index in [1.165, 1.54) is 16.9 Å². The molecule has 0 aliphatic heterocycles. The van der Waals surface area contributed by atoms with E-state index in [1.54, 1.807) is 17.0 Å². The normalized spacial score (nSPS) is 11.7. The van der Waals surface area contributed by atoms with Crippen LogP contribution in [0.4, 0.5) is 0 Å². The number of aromatic nitrogens is 1. The van der Waals surface area contributed by atoms with E-state index in [-0.39, 0.29) is 4.21 Å². The molecule has 0 aliphatic rings. The maximum Gasteiger partial charge on any atom is 0.249 e. The van der Waals surface area contributed by atoms with Crippen molar-refractivity contribution < 1.29 is 8.42 Å². The number of thiophene rings is 1. The number of hydrogen-bond acceptors (Lipinski definition) is 3. The van der Waals surface area contributed by atoms with E-state index < -0.39 is 10.0 Å². The predicted octanol–water partition coefficient (Wildman–Crippen LogP) is 3.42. The highest BCUT2D eigenvalue weighted by molar-refractivity contribution is 7.91. The molecule has 0 bridgehead atoms. The largest absolute Gasteiger partial charge is 0.322 e. The Morgan fingerprint density at radius 1 is 1.14 bits per heavy atom. The zero-order chi connectivity index (χ0) is 15.7. The Morgan fingerprint density at radius 3 is 2.32 bits per heavy atom. The minimum Gasteiger partial charge on any atom is -0.322 e. The Hall–Kier alpha value is -1.89. The van der Waals surface area contributed by atoms with Gasteiger partial charge in [-0.2, -0.15) is 0 Å². The molecule has 6 heteroatoms. The molecule has 0 aliphatic carbocycles. The van der Waals surface area contributed by atoms with Crippen LogP contribution in [-0.2, 0) is 16.4 Å². The van der Waals surface area contributed by atoms with Gasteiger partial charge in [-0.15, -0.1) is 11.3 Å². The predicted molar refractivity (Wildman–Crippen MR) is 89.8 cm³/mol. The second-order valence-corrected chi connectivity index (χ2v) is 7.78. The summed E-state index contributed by atoms with van der Waals surface area (Å²) in [4.78, 5) is 0.885. The Kier molecular flexibility index (Phi) is 3.90. The van der Waals surface area contributed by atoms with Gasteiger partial charge >= 0.3 is 0 Å². The molecule has 3 rings (SSSR count). The Morgan fingerprint density at radius 2 is 1.77 bits per heavy atom. The molecular weight excluding hydrogens is 316 g/mol. The van der Waals surface area contributed by atoms with Crippen molar-refractivity contribution in [2.24, 2.45) is 5.14 Å². The smallest absolute Gasteiger partial charge is 0.249 e. The standard InChI is InChI=1S/C16H16N2O2S2/c1-2-12-5-7-13(8-6-12)15-11-14(18-9-3-4-10-18)16(21-15)22(17,19)20/h3-11H,2H2,1H3,(H2,17,19,20). The van der Waals surface area contributed by atoms with Crippen molar-refractivity contribution in [3.05, 3.63) is 60.4 Å². The first kappa shape index (κ1) is 15.0. The van der Waals surface area contributed by atoms with Crippen molar-refractivity contribution in [2.45, 2.75) is 17.6 Å². The lowest BCUT2D eigenvalue weighted by Gasteiger charge is -2.01. The van der Waals surface area contributed by atoms with Gasteiger partial charge in [0.05, 0.1) is 5.69 Å². The van der Waals surface area contributed by atoms with E-state index in [4.69, 9.17) is 5.14 Å². The van der Waals surface area contributed by atoms with Crippen LogP contribution in [0, 0.1) is 0 Å². The average Bonchev–Trinajstić information content (AvgIpc) is 3.15. The van der Waals surface area contributed by atoms with Gasteiger partial charge < -0.3 is 4.57 Å². The number of benzene rings is 1. The molecule has 2 heterocycles. The van der Waals surface area contributed by atoms with Gasteiger partial charge in [-0.3, -0.25) is 0 Å². The third-order valence-electron chi connectivity index (χ3n) is 3.47. The van der Waals surface area contributed by atoms with Crippen molar-refractivity contribution in [1.29, 1.82) is 0 Å². The Bertz CT molecular complexity index is 877. The number of nitrogens with zero attached hydrogens (tertiary/aromatic N) is 1. The van der Waals surface area contributed by atoms with Crippen LogP contribution < -0.4 is 5.14 Å². The first-order valence-corrected chi connectivity index (χ1v) is 9.24. The van der Waals surface area contributed by atoms with Gasteiger partial charge in [0.2, 0.25) is 10.0 Å². The van der Waals surface area contributed by atoms with E-state index in [9.17, 15) is 8.42 Å². The molecule has 3 aromatic rings. The molecule has 0 atom stereocenters. The molecule has 0 unspecified atom stereocenters. The summed E-state index contributed by atoms with van der Waals surface area (Å²) in [5, 5.41) is 5.37. The van der Waals surface area contributed by atoms with E-state index in [2.05, 4.69) is 19.1 Å². The van der Waals surface area contributed by atoms with Gasteiger partial charge in [0.15, 0.2) is 4.21 Å². The molecule has 2 aromatic heterocycles. The van der Waals surface area contributed by atoms with Crippen LogP contribution in [0.25, 0.3) is 16.1 Å². The van der Waals surface area contributed by atoms with Crippen molar-refractivity contribution in [2.75, 3.05) is 0 Å².